The van der Waals surface area contributed by atoms with Crippen LogP contribution in [0.2, 0.25) is 0 Å². The van der Waals surface area contributed by atoms with Crippen molar-refractivity contribution in [2.45, 2.75) is 49.9 Å². The maximum absolute atomic E-state index is 12.8. The van der Waals surface area contributed by atoms with E-state index in [1.165, 1.54) is 0 Å². The van der Waals surface area contributed by atoms with Gasteiger partial charge in [-0.3, -0.25) is 24.0 Å². The predicted molar refractivity (Wildman–Crippen MR) is 130 cm³/mol. The molecule has 0 aliphatic rings. The van der Waals surface area contributed by atoms with Crippen LogP contribution in [0, 0.1) is 0 Å². The molecule has 4 atom stereocenters. The zero-order valence-electron chi connectivity index (χ0n) is 20.0. The second kappa shape index (κ2) is 13.7. The van der Waals surface area contributed by atoms with E-state index in [0.717, 1.165) is 10.9 Å². The Hall–Kier alpha value is -4.50. The minimum Gasteiger partial charge on any atom is -0.481 e. The van der Waals surface area contributed by atoms with Crippen LogP contribution in [-0.2, 0) is 35.2 Å². The number of rotatable bonds is 15. The van der Waals surface area contributed by atoms with Gasteiger partial charge in [0.15, 0.2) is 0 Å². The molecule has 2 aromatic rings. The fourth-order valence-corrected chi connectivity index (χ4v) is 3.56. The molecule has 38 heavy (non-hydrogen) atoms. The van der Waals surface area contributed by atoms with E-state index in [9.17, 15) is 33.9 Å². The Morgan fingerprint density at radius 3 is 2.05 bits per heavy atom. The highest BCUT2D eigenvalue weighted by Crippen LogP contribution is 2.18. The molecule has 0 radical (unpaired) electrons. The summed E-state index contributed by atoms with van der Waals surface area (Å²) in [6.07, 6.45) is -0.265. The highest BCUT2D eigenvalue weighted by atomic mass is 16.4. The first-order chi connectivity index (χ1) is 17.9. The van der Waals surface area contributed by atoms with Gasteiger partial charge in [-0.1, -0.05) is 18.2 Å². The van der Waals surface area contributed by atoms with Gasteiger partial charge in [0.25, 0.3) is 0 Å². The number of hydrogen-bond donors (Lipinski definition) is 9. The van der Waals surface area contributed by atoms with E-state index in [2.05, 4.69) is 15.6 Å². The zero-order valence-corrected chi connectivity index (χ0v) is 20.0. The van der Waals surface area contributed by atoms with E-state index >= 15 is 0 Å². The summed E-state index contributed by atoms with van der Waals surface area (Å²) < 4.78 is 0. The number of nitrogens with two attached hydrogens (primary N) is 1. The van der Waals surface area contributed by atoms with Crippen LogP contribution in [0.4, 0.5) is 0 Å². The summed E-state index contributed by atoms with van der Waals surface area (Å²) in [6.45, 7) is -0.979. The van der Waals surface area contributed by atoms with E-state index in [1.807, 2.05) is 23.5 Å². The number of carbonyl (C=O) groups is 6. The Kier molecular flexibility index (Phi) is 10.7. The number of H-pyrrole nitrogens is 1. The Bertz CT molecular complexity index is 1200. The van der Waals surface area contributed by atoms with E-state index < -0.39 is 85.7 Å². The number of aliphatic hydroxyl groups excluding tert-OH is 1. The van der Waals surface area contributed by atoms with Crippen molar-refractivity contribution in [1.29, 1.82) is 0 Å². The topological polar surface area (TPSA) is 261 Å². The number of para-hydroxylation sites is 1. The highest BCUT2D eigenvalue weighted by Gasteiger charge is 2.31. The number of benzene rings is 1. The lowest BCUT2D eigenvalue weighted by Gasteiger charge is -2.24. The molecule has 0 aliphatic carbocycles. The molecule has 0 aliphatic heterocycles. The SMILES string of the molecule is NC(Cc1c[nH]c2ccccc12)C(=O)NC(CC(=O)O)C(=O)NC(CCC(=O)O)C(=O)NC(CO)C(=O)O. The number of carboxylic acids is 3. The number of carbonyl (C=O) groups excluding carboxylic acids is 3. The quantitative estimate of drug-likeness (QED) is 0.119. The minimum absolute atomic E-state index is 0.0542. The van der Waals surface area contributed by atoms with Gasteiger partial charge in [-0.25, -0.2) is 4.79 Å². The minimum atomic E-state index is -1.73. The third-order valence-electron chi connectivity index (χ3n) is 5.54. The van der Waals surface area contributed by atoms with Crippen LogP contribution in [0.3, 0.4) is 0 Å². The van der Waals surface area contributed by atoms with E-state index in [1.54, 1.807) is 12.3 Å². The summed E-state index contributed by atoms with van der Waals surface area (Å²) in [5, 5.41) is 43.5. The van der Waals surface area contributed by atoms with Gasteiger partial charge in [-0.05, 0) is 24.5 Å². The van der Waals surface area contributed by atoms with Gasteiger partial charge in [0, 0.05) is 23.5 Å². The van der Waals surface area contributed by atoms with Crippen molar-refractivity contribution in [3.05, 3.63) is 36.0 Å². The van der Waals surface area contributed by atoms with Gasteiger partial charge < -0.3 is 47.1 Å². The lowest BCUT2D eigenvalue weighted by Crippen LogP contribution is -2.58. The Labute approximate surface area is 215 Å². The van der Waals surface area contributed by atoms with Crippen molar-refractivity contribution in [1.82, 2.24) is 20.9 Å². The van der Waals surface area contributed by atoms with E-state index in [4.69, 9.17) is 21.1 Å². The molecule has 3 amide bonds. The van der Waals surface area contributed by atoms with Crippen molar-refractivity contribution >= 4 is 46.5 Å². The monoisotopic (exact) mass is 535 g/mol. The van der Waals surface area contributed by atoms with Crippen LogP contribution in [0.25, 0.3) is 10.9 Å². The number of hydrogen-bond acceptors (Lipinski definition) is 8. The number of amides is 3. The summed E-state index contributed by atoms with van der Waals surface area (Å²) in [6, 6.07) is 1.06. The van der Waals surface area contributed by atoms with Crippen LogP contribution < -0.4 is 21.7 Å². The van der Waals surface area contributed by atoms with Gasteiger partial charge >= 0.3 is 17.9 Å². The molecule has 4 unspecified atom stereocenters. The van der Waals surface area contributed by atoms with Gasteiger partial charge in [0.05, 0.1) is 19.1 Å². The molecule has 0 saturated carbocycles. The van der Waals surface area contributed by atoms with Crippen LogP contribution in [-0.4, -0.2) is 91.8 Å². The summed E-state index contributed by atoms with van der Waals surface area (Å²) in [7, 11) is 0. The van der Waals surface area contributed by atoms with Crippen LogP contribution in [0.1, 0.15) is 24.8 Å². The molecule has 1 heterocycles. The number of aliphatic carboxylic acids is 3. The smallest absolute Gasteiger partial charge is 0.328 e. The predicted octanol–water partition coefficient (Wildman–Crippen LogP) is -2.09. The van der Waals surface area contributed by atoms with Crippen LogP contribution >= 0.6 is 0 Å². The Morgan fingerprint density at radius 2 is 1.45 bits per heavy atom. The molecular formula is C23H29N5O10. The molecule has 2 rings (SSSR count). The fraction of sp³-hybridized carbons (Fsp3) is 0.391. The van der Waals surface area contributed by atoms with Gasteiger partial charge in [-0.2, -0.15) is 0 Å². The van der Waals surface area contributed by atoms with Crippen LogP contribution in [0.15, 0.2) is 30.5 Å². The summed E-state index contributed by atoms with van der Waals surface area (Å²) in [4.78, 5) is 74.5. The highest BCUT2D eigenvalue weighted by molar-refractivity contribution is 5.96. The summed E-state index contributed by atoms with van der Waals surface area (Å²) >= 11 is 0. The lowest BCUT2D eigenvalue weighted by molar-refractivity contribution is -0.144. The number of aliphatic hydroxyl groups is 1. The van der Waals surface area contributed by atoms with Gasteiger partial charge in [0.1, 0.15) is 18.1 Å². The number of aromatic nitrogens is 1. The number of nitrogens with one attached hydrogen (secondary N) is 4. The number of fused-ring (bicyclic) bond motifs is 1. The van der Waals surface area contributed by atoms with Crippen molar-refractivity contribution in [3.63, 3.8) is 0 Å². The molecule has 10 N–H and O–H groups in total. The molecule has 0 fully saturated rings. The molecule has 206 valence electrons. The maximum atomic E-state index is 12.8. The van der Waals surface area contributed by atoms with Crippen molar-refractivity contribution in [2.75, 3.05) is 6.61 Å². The lowest BCUT2D eigenvalue weighted by atomic mass is 10.0. The molecule has 15 nitrogen and oxygen atoms in total. The number of carboxylic acid groups (broad SMARTS) is 3. The largest absolute Gasteiger partial charge is 0.481 e. The van der Waals surface area contributed by atoms with E-state index in [-0.39, 0.29) is 6.42 Å². The van der Waals surface area contributed by atoms with Crippen molar-refractivity contribution < 1.29 is 49.2 Å². The molecule has 0 saturated heterocycles. The second-order valence-electron chi connectivity index (χ2n) is 8.40. The molecule has 0 spiro atoms. The molecule has 1 aromatic carbocycles. The summed E-state index contributed by atoms with van der Waals surface area (Å²) in [5.74, 6) is -7.49. The molecule has 0 bridgehead atoms. The summed E-state index contributed by atoms with van der Waals surface area (Å²) in [5.41, 5.74) is 7.52. The number of aromatic amines is 1. The normalized spacial score (nSPS) is 14.1. The third kappa shape index (κ3) is 8.56. The Morgan fingerprint density at radius 1 is 0.842 bits per heavy atom. The maximum Gasteiger partial charge on any atom is 0.328 e. The van der Waals surface area contributed by atoms with E-state index in [0.29, 0.717) is 5.56 Å². The second-order valence-corrected chi connectivity index (χ2v) is 8.40. The molecule has 15 heteroatoms. The fourth-order valence-electron chi connectivity index (χ4n) is 3.56. The average molecular weight is 536 g/mol. The zero-order chi connectivity index (χ0) is 28.4. The van der Waals surface area contributed by atoms with Crippen molar-refractivity contribution in [2.24, 2.45) is 5.73 Å². The first-order valence-corrected chi connectivity index (χ1v) is 11.4. The van der Waals surface area contributed by atoms with Crippen LogP contribution in [0.5, 0.6) is 0 Å². The first-order valence-electron chi connectivity index (χ1n) is 11.4. The third-order valence-corrected chi connectivity index (χ3v) is 5.54. The first kappa shape index (κ1) is 29.7. The molecular weight excluding hydrogens is 506 g/mol. The standard InChI is InChI=1S/C23H29N5O10/c24-13(7-11-9-25-14-4-2-1-3-12(11)14)20(34)27-16(8-19(32)33)22(36)26-15(5-6-18(30)31)21(35)28-17(10-29)23(37)38/h1-4,9,13,15-17,25,29H,5-8,10,24H2,(H,26,36)(H,27,34)(H,28,35)(H,30,31)(H,32,33)(H,37,38). The molecule has 1 aromatic heterocycles. The Balaban J connectivity index is 2.14. The van der Waals surface area contributed by atoms with Gasteiger partial charge in [0.2, 0.25) is 17.7 Å². The van der Waals surface area contributed by atoms with Crippen molar-refractivity contribution in [3.8, 4) is 0 Å². The van der Waals surface area contributed by atoms with Gasteiger partial charge in [-0.15, -0.1) is 0 Å². The average Bonchev–Trinajstić information content (AvgIpc) is 3.26.